The van der Waals surface area contributed by atoms with Crippen molar-refractivity contribution in [3.05, 3.63) is 76.9 Å². The van der Waals surface area contributed by atoms with Crippen LogP contribution in [0.1, 0.15) is 12.0 Å². The summed E-state index contributed by atoms with van der Waals surface area (Å²) in [6.07, 6.45) is 0.629. The maximum Gasteiger partial charge on any atom is 0.265 e. The van der Waals surface area contributed by atoms with Gasteiger partial charge in [0, 0.05) is 29.7 Å². The molecule has 0 saturated carbocycles. The first-order valence-corrected chi connectivity index (χ1v) is 9.98. The highest BCUT2D eigenvalue weighted by Gasteiger charge is 2.49. The van der Waals surface area contributed by atoms with Crippen LogP contribution in [0.3, 0.4) is 0 Å². The van der Waals surface area contributed by atoms with E-state index in [1.54, 1.807) is 24.3 Å². The zero-order valence-corrected chi connectivity index (χ0v) is 17.0. The number of hydrogen-bond acceptors (Lipinski definition) is 5. The number of fused-ring (bicyclic) bond motifs is 1. The van der Waals surface area contributed by atoms with Crippen molar-refractivity contribution in [3.63, 3.8) is 0 Å². The molecule has 0 radical (unpaired) electrons. The summed E-state index contributed by atoms with van der Waals surface area (Å²) in [7, 11) is 1.51. The first kappa shape index (κ1) is 19.3. The highest BCUT2D eigenvalue weighted by atomic mass is 16.5. The monoisotopic (exact) mass is 416 g/mol. The summed E-state index contributed by atoms with van der Waals surface area (Å²) >= 11 is 0. The van der Waals surface area contributed by atoms with Crippen LogP contribution in [0, 0.1) is 12.8 Å². The number of ether oxygens (including phenoxy) is 1. The fourth-order valence-corrected chi connectivity index (χ4v) is 4.25. The highest BCUT2D eigenvalue weighted by molar-refractivity contribution is 6.34. The van der Waals surface area contributed by atoms with E-state index in [4.69, 9.17) is 4.74 Å². The fraction of sp³-hybridized carbons (Fsp3) is 0.208. The zero-order chi connectivity index (χ0) is 21.9. The number of nitrogens with zero attached hydrogens (tertiary/aromatic N) is 2. The van der Waals surface area contributed by atoms with Crippen LogP contribution in [0.4, 0.5) is 5.69 Å². The Morgan fingerprint density at radius 1 is 0.903 bits per heavy atom. The Morgan fingerprint density at radius 3 is 2.16 bits per heavy atom. The Bertz CT molecular complexity index is 1180. The van der Waals surface area contributed by atoms with Crippen LogP contribution in [0.2, 0.25) is 0 Å². The van der Waals surface area contributed by atoms with Gasteiger partial charge in [0.1, 0.15) is 17.7 Å². The number of aliphatic hydroxyl groups is 1. The number of aliphatic hydroxyl groups excluding tert-OH is 1. The number of aryl methyl sites for hydroxylation is 1. The molecular weight excluding hydrogens is 396 g/mol. The smallest absolute Gasteiger partial charge is 0.265 e. The Kier molecular flexibility index (Phi) is 4.30. The summed E-state index contributed by atoms with van der Waals surface area (Å²) in [5.74, 6) is -0.432. The van der Waals surface area contributed by atoms with Gasteiger partial charge in [-0.05, 0) is 55.8 Å². The topological polar surface area (TPSA) is 87.2 Å². The molecule has 1 aliphatic carbocycles. The van der Waals surface area contributed by atoms with Crippen molar-refractivity contribution < 1.29 is 24.2 Å². The normalized spacial score (nSPS) is 22.7. The SMILES string of the molecule is Cc1ccc(Oc2ccc(N3C(=O)C4=C(CC5C(=C4)C(=O)N(C)C5O)C3=O)cc2)cc1. The molecule has 3 aliphatic rings. The van der Waals surface area contributed by atoms with E-state index in [0.29, 0.717) is 28.3 Å². The Labute approximate surface area is 178 Å². The van der Waals surface area contributed by atoms with E-state index in [1.807, 2.05) is 31.2 Å². The average Bonchev–Trinajstić information content (AvgIpc) is 3.14. The standard InChI is InChI=1S/C24H20N2O5/c1-13-3-7-15(8-4-13)31-16-9-5-14(6-10-16)26-23(29)19-11-17-18(12-20(19)24(26)30)22(28)25(2)21(17)27/h3-11,18,22,28H,12H2,1-2H3. The summed E-state index contributed by atoms with van der Waals surface area (Å²) in [5.41, 5.74) is 2.49. The maximum atomic E-state index is 13.0. The lowest BCUT2D eigenvalue weighted by molar-refractivity contribution is -0.129. The molecule has 2 aromatic rings. The molecule has 156 valence electrons. The number of hydrogen-bond donors (Lipinski definition) is 1. The second kappa shape index (κ2) is 6.92. The second-order valence-electron chi connectivity index (χ2n) is 7.99. The first-order chi connectivity index (χ1) is 14.8. The van der Waals surface area contributed by atoms with Crippen molar-refractivity contribution in [3.8, 4) is 11.5 Å². The lowest BCUT2D eigenvalue weighted by atomic mass is 9.85. The summed E-state index contributed by atoms with van der Waals surface area (Å²) in [5, 5.41) is 10.3. The second-order valence-corrected chi connectivity index (χ2v) is 7.99. The third-order valence-electron chi connectivity index (χ3n) is 6.02. The van der Waals surface area contributed by atoms with Gasteiger partial charge in [0.25, 0.3) is 17.7 Å². The molecule has 1 saturated heterocycles. The molecule has 1 N–H and O–H groups in total. The van der Waals surface area contributed by atoms with E-state index in [0.717, 1.165) is 10.5 Å². The van der Waals surface area contributed by atoms with Gasteiger partial charge in [-0.3, -0.25) is 14.4 Å². The van der Waals surface area contributed by atoms with Crippen molar-refractivity contribution in [2.24, 2.45) is 5.92 Å². The molecule has 0 aromatic heterocycles. The van der Waals surface area contributed by atoms with Gasteiger partial charge >= 0.3 is 0 Å². The molecule has 2 aliphatic heterocycles. The highest BCUT2D eigenvalue weighted by Crippen LogP contribution is 2.42. The number of benzene rings is 2. The molecule has 2 atom stereocenters. The van der Waals surface area contributed by atoms with Gasteiger partial charge < -0.3 is 14.7 Å². The van der Waals surface area contributed by atoms with Crippen molar-refractivity contribution in [2.75, 3.05) is 11.9 Å². The fourth-order valence-electron chi connectivity index (χ4n) is 4.25. The Hall–Kier alpha value is -3.71. The predicted molar refractivity (Wildman–Crippen MR) is 112 cm³/mol. The van der Waals surface area contributed by atoms with Crippen LogP contribution in [0.15, 0.2) is 71.3 Å². The van der Waals surface area contributed by atoms with E-state index in [1.165, 1.54) is 18.0 Å². The van der Waals surface area contributed by atoms with Gasteiger partial charge in [-0.15, -0.1) is 0 Å². The molecule has 2 heterocycles. The zero-order valence-electron chi connectivity index (χ0n) is 17.0. The number of rotatable bonds is 3. The van der Waals surface area contributed by atoms with Gasteiger partial charge in [0.05, 0.1) is 5.69 Å². The summed E-state index contributed by atoms with van der Waals surface area (Å²) in [6, 6.07) is 14.3. The van der Waals surface area contributed by atoms with Gasteiger partial charge in [-0.1, -0.05) is 17.7 Å². The third kappa shape index (κ3) is 2.97. The quantitative estimate of drug-likeness (QED) is 0.778. The molecule has 2 aromatic carbocycles. The van der Waals surface area contributed by atoms with Gasteiger partial charge in [-0.25, -0.2) is 4.90 Å². The third-order valence-corrected chi connectivity index (χ3v) is 6.02. The average molecular weight is 416 g/mol. The first-order valence-electron chi connectivity index (χ1n) is 9.98. The van der Waals surface area contributed by atoms with Gasteiger partial charge in [0.15, 0.2) is 0 Å². The number of amides is 3. The van der Waals surface area contributed by atoms with E-state index < -0.39 is 24.0 Å². The number of likely N-dealkylation sites (N-methyl/N-ethyl adjacent to an activating group) is 1. The molecule has 2 unspecified atom stereocenters. The largest absolute Gasteiger partial charge is 0.457 e. The van der Waals surface area contributed by atoms with Crippen LogP contribution < -0.4 is 9.64 Å². The minimum absolute atomic E-state index is 0.161. The van der Waals surface area contributed by atoms with Crippen LogP contribution in [-0.4, -0.2) is 41.0 Å². The predicted octanol–water partition coefficient (Wildman–Crippen LogP) is 2.69. The summed E-state index contributed by atoms with van der Waals surface area (Å²) in [6.45, 7) is 1.99. The number of anilines is 1. The Balaban J connectivity index is 1.39. The van der Waals surface area contributed by atoms with Crippen LogP contribution in [0.5, 0.6) is 11.5 Å². The molecule has 0 bridgehead atoms. The lowest BCUT2D eigenvalue weighted by Gasteiger charge is -2.20. The van der Waals surface area contributed by atoms with E-state index in [2.05, 4.69) is 0 Å². The molecular formula is C24H20N2O5. The van der Waals surface area contributed by atoms with Gasteiger partial charge in [-0.2, -0.15) is 0 Å². The molecule has 0 spiro atoms. The number of imide groups is 1. The van der Waals surface area contributed by atoms with Crippen molar-refractivity contribution in [2.45, 2.75) is 19.6 Å². The number of carbonyl (C=O) groups is 3. The lowest BCUT2D eigenvalue weighted by Crippen LogP contribution is -2.33. The molecule has 31 heavy (non-hydrogen) atoms. The van der Waals surface area contributed by atoms with E-state index in [-0.39, 0.29) is 17.9 Å². The Morgan fingerprint density at radius 2 is 1.52 bits per heavy atom. The van der Waals surface area contributed by atoms with Crippen molar-refractivity contribution in [1.82, 2.24) is 4.90 Å². The summed E-state index contributed by atoms with van der Waals surface area (Å²) < 4.78 is 5.80. The van der Waals surface area contributed by atoms with E-state index in [9.17, 15) is 19.5 Å². The maximum absolute atomic E-state index is 13.0. The van der Waals surface area contributed by atoms with Crippen LogP contribution >= 0.6 is 0 Å². The van der Waals surface area contributed by atoms with E-state index >= 15 is 0 Å². The van der Waals surface area contributed by atoms with Gasteiger partial charge in [0.2, 0.25) is 0 Å². The molecule has 1 fully saturated rings. The molecule has 3 amide bonds. The minimum Gasteiger partial charge on any atom is -0.457 e. The molecule has 7 nitrogen and oxygen atoms in total. The molecule has 5 rings (SSSR count). The van der Waals surface area contributed by atoms with Crippen LogP contribution in [-0.2, 0) is 14.4 Å². The number of carbonyl (C=O) groups excluding carboxylic acids is 3. The van der Waals surface area contributed by atoms with Crippen molar-refractivity contribution in [1.29, 1.82) is 0 Å². The van der Waals surface area contributed by atoms with Crippen molar-refractivity contribution >= 4 is 23.4 Å². The summed E-state index contributed by atoms with van der Waals surface area (Å²) in [4.78, 5) is 40.7. The minimum atomic E-state index is -0.997. The molecule has 7 heteroatoms. The van der Waals surface area contributed by atoms with Crippen LogP contribution in [0.25, 0.3) is 0 Å². The number of likely N-dealkylation sites (tertiary alicyclic amines) is 1.